The Morgan fingerprint density at radius 1 is 1.53 bits per heavy atom. The van der Waals surface area contributed by atoms with Gasteiger partial charge in [-0.15, -0.1) is 0 Å². The molecule has 1 aromatic rings. The highest BCUT2D eigenvalue weighted by Gasteiger charge is 2.14. The van der Waals surface area contributed by atoms with E-state index in [1.807, 2.05) is 0 Å². The third kappa shape index (κ3) is 4.92. The van der Waals surface area contributed by atoms with E-state index in [9.17, 15) is 14.9 Å². The standard InChI is InChI=1S/C12H17N3O4/c1-19-11-5-4-9(7-10(11)15(17)18)8-14-6-2-3-12(13)16/h4-5,7,14H,2-3,6,8H2,1H3,(H2,13,16). The monoisotopic (exact) mass is 267 g/mol. The molecule has 0 bridgehead atoms. The van der Waals surface area contributed by atoms with Gasteiger partial charge in [0.2, 0.25) is 5.91 Å². The highest BCUT2D eigenvalue weighted by Crippen LogP contribution is 2.27. The molecule has 104 valence electrons. The van der Waals surface area contributed by atoms with Gasteiger partial charge >= 0.3 is 5.69 Å². The zero-order valence-electron chi connectivity index (χ0n) is 10.7. The summed E-state index contributed by atoms with van der Waals surface area (Å²) in [5, 5.41) is 13.9. The molecule has 0 heterocycles. The number of hydrogen-bond donors (Lipinski definition) is 2. The molecule has 0 aromatic heterocycles. The van der Waals surface area contributed by atoms with Crippen LogP contribution in [-0.4, -0.2) is 24.5 Å². The Morgan fingerprint density at radius 3 is 2.84 bits per heavy atom. The van der Waals surface area contributed by atoms with Crippen LogP contribution >= 0.6 is 0 Å². The van der Waals surface area contributed by atoms with Crippen LogP contribution in [0.3, 0.4) is 0 Å². The van der Waals surface area contributed by atoms with Crippen LogP contribution < -0.4 is 15.8 Å². The third-order valence-electron chi connectivity index (χ3n) is 2.55. The van der Waals surface area contributed by atoms with E-state index in [4.69, 9.17) is 10.5 Å². The van der Waals surface area contributed by atoms with Crippen molar-refractivity contribution >= 4 is 11.6 Å². The van der Waals surface area contributed by atoms with Gasteiger partial charge in [-0.05, 0) is 24.6 Å². The Labute approximate surface area is 110 Å². The molecule has 0 fully saturated rings. The largest absolute Gasteiger partial charge is 0.490 e. The van der Waals surface area contributed by atoms with Gasteiger partial charge in [-0.1, -0.05) is 6.07 Å². The van der Waals surface area contributed by atoms with Gasteiger partial charge in [0.1, 0.15) is 0 Å². The molecule has 0 radical (unpaired) electrons. The number of methoxy groups -OCH3 is 1. The van der Waals surface area contributed by atoms with Crippen LogP contribution in [0.25, 0.3) is 0 Å². The lowest BCUT2D eigenvalue weighted by atomic mass is 10.2. The molecule has 0 saturated carbocycles. The SMILES string of the molecule is COc1ccc(CNCCCC(N)=O)cc1[N+](=O)[O-]. The van der Waals surface area contributed by atoms with Crippen molar-refractivity contribution in [1.82, 2.24) is 5.32 Å². The van der Waals surface area contributed by atoms with Crippen LogP contribution in [0.5, 0.6) is 5.75 Å². The summed E-state index contributed by atoms with van der Waals surface area (Å²) in [6.45, 7) is 1.12. The molecule has 0 aliphatic rings. The maximum absolute atomic E-state index is 10.8. The lowest BCUT2D eigenvalue weighted by Crippen LogP contribution is -2.18. The second kappa shape index (κ2) is 7.32. The predicted octanol–water partition coefficient (Wildman–Crippen LogP) is 0.959. The van der Waals surface area contributed by atoms with Crippen LogP contribution in [-0.2, 0) is 11.3 Å². The summed E-state index contributed by atoms with van der Waals surface area (Å²) >= 11 is 0. The van der Waals surface area contributed by atoms with E-state index >= 15 is 0 Å². The minimum absolute atomic E-state index is 0.0565. The van der Waals surface area contributed by atoms with Gasteiger partial charge in [0.25, 0.3) is 0 Å². The number of primary amides is 1. The molecule has 1 rings (SSSR count). The van der Waals surface area contributed by atoms with Crippen LogP contribution in [0.15, 0.2) is 18.2 Å². The van der Waals surface area contributed by atoms with Crippen molar-refractivity contribution in [3.8, 4) is 5.75 Å². The fraction of sp³-hybridized carbons (Fsp3) is 0.417. The number of nitro benzene ring substituents is 1. The smallest absolute Gasteiger partial charge is 0.311 e. The average Bonchev–Trinajstić information content (AvgIpc) is 2.37. The second-order valence-electron chi connectivity index (χ2n) is 4.01. The van der Waals surface area contributed by atoms with Crippen LogP contribution in [0, 0.1) is 10.1 Å². The van der Waals surface area contributed by atoms with E-state index in [0.717, 1.165) is 5.56 Å². The van der Waals surface area contributed by atoms with Crippen molar-refractivity contribution in [2.45, 2.75) is 19.4 Å². The fourth-order valence-corrected chi connectivity index (χ4v) is 1.61. The van der Waals surface area contributed by atoms with E-state index in [0.29, 0.717) is 25.9 Å². The number of hydrogen-bond acceptors (Lipinski definition) is 5. The molecule has 0 aliphatic carbocycles. The lowest BCUT2D eigenvalue weighted by molar-refractivity contribution is -0.385. The number of rotatable bonds is 8. The molecule has 1 aromatic carbocycles. The number of nitrogens with zero attached hydrogens (tertiary/aromatic N) is 1. The zero-order valence-corrected chi connectivity index (χ0v) is 10.7. The number of carbonyl (C=O) groups excluding carboxylic acids is 1. The van der Waals surface area contributed by atoms with Crippen molar-refractivity contribution in [1.29, 1.82) is 0 Å². The first-order valence-electron chi connectivity index (χ1n) is 5.85. The normalized spacial score (nSPS) is 10.2. The van der Waals surface area contributed by atoms with Gasteiger partial charge in [-0.3, -0.25) is 14.9 Å². The number of nitro groups is 1. The third-order valence-corrected chi connectivity index (χ3v) is 2.55. The number of nitrogens with one attached hydrogen (secondary N) is 1. The van der Waals surface area contributed by atoms with Gasteiger partial charge < -0.3 is 15.8 Å². The molecule has 3 N–H and O–H groups in total. The summed E-state index contributed by atoms with van der Waals surface area (Å²) < 4.78 is 4.92. The molecule has 0 saturated heterocycles. The maximum atomic E-state index is 10.8. The summed E-state index contributed by atoms with van der Waals surface area (Å²) in [5.74, 6) is -0.0932. The Bertz CT molecular complexity index is 462. The van der Waals surface area contributed by atoms with Crippen molar-refractivity contribution in [2.75, 3.05) is 13.7 Å². The van der Waals surface area contributed by atoms with E-state index in [-0.39, 0.29) is 17.3 Å². The van der Waals surface area contributed by atoms with Crippen LogP contribution in [0.1, 0.15) is 18.4 Å². The molecule has 7 heteroatoms. The van der Waals surface area contributed by atoms with Crippen LogP contribution in [0.4, 0.5) is 5.69 Å². The fourth-order valence-electron chi connectivity index (χ4n) is 1.61. The van der Waals surface area contributed by atoms with E-state index < -0.39 is 4.92 Å². The minimum Gasteiger partial charge on any atom is -0.490 e. The van der Waals surface area contributed by atoms with Gasteiger partial charge in [0.15, 0.2) is 5.75 Å². The van der Waals surface area contributed by atoms with Gasteiger partial charge in [-0.2, -0.15) is 0 Å². The number of nitrogens with two attached hydrogens (primary N) is 1. The zero-order chi connectivity index (χ0) is 14.3. The van der Waals surface area contributed by atoms with E-state index in [2.05, 4.69) is 5.32 Å². The Morgan fingerprint density at radius 2 is 2.26 bits per heavy atom. The van der Waals surface area contributed by atoms with Crippen molar-refractivity contribution in [3.05, 3.63) is 33.9 Å². The molecule has 0 aliphatic heterocycles. The topological polar surface area (TPSA) is 107 Å². The number of amides is 1. The molecule has 19 heavy (non-hydrogen) atoms. The molecule has 7 nitrogen and oxygen atoms in total. The highest BCUT2D eigenvalue weighted by atomic mass is 16.6. The molecular weight excluding hydrogens is 250 g/mol. The number of carbonyl (C=O) groups is 1. The molecule has 0 spiro atoms. The van der Waals surface area contributed by atoms with Gasteiger partial charge in [-0.25, -0.2) is 0 Å². The van der Waals surface area contributed by atoms with Crippen molar-refractivity contribution < 1.29 is 14.5 Å². The Kier molecular flexibility index (Phi) is 5.74. The molecule has 1 amide bonds. The van der Waals surface area contributed by atoms with Crippen molar-refractivity contribution in [2.24, 2.45) is 5.73 Å². The predicted molar refractivity (Wildman–Crippen MR) is 69.8 cm³/mol. The van der Waals surface area contributed by atoms with Gasteiger partial charge in [0, 0.05) is 19.0 Å². The maximum Gasteiger partial charge on any atom is 0.311 e. The minimum atomic E-state index is -0.477. The first kappa shape index (κ1) is 14.9. The molecular formula is C12H17N3O4. The Balaban J connectivity index is 2.53. The molecule has 0 unspecified atom stereocenters. The average molecular weight is 267 g/mol. The summed E-state index contributed by atoms with van der Waals surface area (Å²) in [4.78, 5) is 20.9. The first-order chi connectivity index (χ1) is 9.04. The quantitative estimate of drug-likeness (QED) is 0.414. The summed E-state index contributed by atoms with van der Waals surface area (Å²) in [6, 6.07) is 4.80. The summed E-state index contributed by atoms with van der Waals surface area (Å²) in [6.07, 6.45) is 0.976. The second-order valence-corrected chi connectivity index (χ2v) is 4.01. The summed E-state index contributed by atoms with van der Waals surface area (Å²) in [5.41, 5.74) is 5.74. The van der Waals surface area contributed by atoms with Crippen molar-refractivity contribution in [3.63, 3.8) is 0 Å². The van der Waals surface area contributed by atoms with E-state index in [1.54, 1.807) is 12.1 Å². The number of ether oxygens (including phenoxy) is 1. The number of benzene rings is 1. The van der Waals surface area contributed by atoms with Gasteiger partial charge in [0.05, 0.1) is 12.0 Å². The molecule has 0 atom stereocenters. The summed E-state index contributed by atoms with van der Waals surface area (Å²) in [7, 11) is 1.39. The highest BCUT2D eigenvalue weighted by molar-refractivity contribution is 5.73. The first-order valence-corrected chi connectivity index (χ1v) is 5.85. The van der Waals surface area contributed by atoms with E-state index in [1.165, 1.54) is 13.2 Å². The Hall–Kier alpha value is -2.15. The van der Waals surface area contributed by atoms with Crippen LogP contribution in [0.2, 0.25) is 0 Å². The lowest BCUT2D eigenvalue weighted by Gasteiger charge is -2.06.